The van der Waals surface area contributed by atoms with Gasteiger partial charge in [0.25, 0.3) is 0 Å². The summed E-state index contributed by atoms with van der Waals surface area (Å²) < 4.78 is 0. The Hall–Kier alpha value is -1.13. The Morgan fingerprint density at radius 3 is 2.69 bits per heavy atom. The molecule has 0 bridgehead atoms. The molecule has 0 aromatic carbocycles. The quantitative estimate of drug-likeness (QED) is 0.783. The van der Waals surface area contributed by atoms with E-state index in [-0.39, 0.29) is 6.61 Å². The lowest BCUT2D eigenvalue weighted by Crippen LogP contribution is -2.28. The molecule has 88 valence electrons. The van der Waals surface area contributed by atoms with Crippen molar-refractivity contribution in [1.29, 1.82) is 0 Å². The molecule has 2 N–H and O–H groups in total. The highest BCUT2D eigenvalue weighted by molar-refractivity contribution is 5.47. The summed E-state index contributed by atoms with van der Waals surface area (Å²) >= 11 is 0. The molecule has 1 aromatic heterocycles. The molecule has 0 amide bonds. The van der Waals surface area contributed by atoms with Crippen LogP contribution in [0.4, 0.5) is 5.69 Å². The van der Waals surface area contributed by atoms with Crippen molar-refractivity contribution in [2.45, 2.75) is 31.9 Å². The number of anilines is 1. The van der Waals surface area contributed by atoms with Gasteiger partial charge >= 0.3 is 0 Å². The van der Waals surface area contributed by atoms with Gasteiger partial charge in [0, 0.05) is 12.6 Å². The van der Waals surface area contributed by atoms with Crippen molar-refractivity contribution in [3.63, 3.8) is 0 Å². The van der Waals surface area contributed by atoms with Crippen LogP contribution >= 0.6 is 0 Å². The molecule has 4 nitrogen and oxygen atoms in total. The fraction of sp³-hybridized carbons (Fsp3) is 0.583. The summed E-state index contributed by atoms with van der Waals surface area (Å²) in [6.07, 6.45) is 3.63. The first-order valence-corrected chi connectivity index (χ1v) is 5.74. The van der Waals surface area contributed by atoms with Crippen LogP contribution < -0.4 is 4.90 Å². The molecule has 2 rings (SSSR count). The third kappa shape index (κ3) is 2.51. The highest BCUT2D eigenvalue weighted by Crippen LogP contribution is 2.31. The molecular formula is C12H18N2O2. The number of aromatic nitrogens is 1. The zero-order valence-electron chi connectivity index (χ0n) is 9.50. The van der Waals surface area contributed by atoms with Crippen LogP contribution in [-0.4, -0.2) is 34.4 Å². The topological polar surface area (TPSA) is 56.6 Å². The fourth-order valence-electron chi connectivity index (χ4n) is 1.83. The van der Waals surface area contributed by atoms with Crippen molar-refractivity contribution < 1.29 is 10.2 Å². The zero-order chi connectivity index (χ0) is 11.5. The normalized spacial score (nSPS) is 17.2. The summed E-state index contributed by atoms with van der Waals surface area (Å²) in [6, 6.07) is 4.36. The third-order valence-electron chi connectivity index (χ3n) is 2.86. The van der Waals surface area contributed by atoms with E-state index in [0.29, 0.717) is 18.3 Å². The Morgan fingerprint density at radius 2 is 2.25 bits per heavy atom. The predicted octanol–water partition coefficient (Wildman–Crippen LogP) is 1.10. The van der Waals surface area contributed by atoms with Crippen LogP contribution in [0, 0.1) is 0 Å². The molecule has 1 fully saturated rings. The number of nitrogens with zero attached hydrogens (tertiary/aromatic N) is 2. The minimum atomic E-state index is -0.527. The van der Waals surface area contributed by atoms with Crippen molar-refractivity contribution in [2.75, 3.05) is 18.1 Å². The maximum atomic E-state index is 9.36. The minimum Gasteiger partial charge on any atom is -0.395 e. The van der Waals surface area contributed by atoms with Crippen molar-refractivity contribution in [3.05, 3.63) is 24.0 Å². The third-order valence-corrected chi connectivity index (χ3v) is 2.86. The first-order chi connectivity index (χ1) is 7.72. The molecule has 0 spiro atoms. The van der Waals surface area contributed by atoms with E-state index in [0.717, 1.165) is 5.69 Å². The number of aliphatic hydroxyl groups excluding tert-OH is 2. The van der Waals surface area contributed by atoms with Gasteiger partial charge < -0.3 is 15.1 Å². The SMILES string of the molecule is C[C@H](O)c1ccc(N(CCO)C2CC2)cn1. The van der Waals surface area contributed by atoms with Gasteiger partial charge in [-0.3, -0.25) is 4.98 Å². The first-order valence-electron chi connectivity index (χ1n) is 5.74. The Balaban J connectivity index is 2.11. The Kier molecular flexibility index (Phi) is 3.41. The molecule has 1 saturated carbocycles. The largest absolute Gasteiger partial charge is 0.395 e. The maximum absolute atomic E-state index is 9.36. The van der Waals surface area contributed by atoms with Crippen LogP contribution in [0.3, 0.4) is 0 Å². The Bertz CT molecular complexity index is 333. The molecule has 1 atom stereocenters. The Morgan fingerprint density at radius 1 is 1.50 bits per heavy atom. The van der Waals surface area contributed by atoms with E-state index in [1.807, 2.05) is 12.1 Å². The molecule has 1 aliphatic rings. The van der Waals surface area contributed by atoms with Gasteiger partial charge in [0.2, 0.25) is 0 Å². The van der Waals surface area contributed by atoms with E-state index in [1.54, 1.807) is 13.1 Å². The molecule has 1 aromatic rings. The second kappa shape index (κ2) is 4.80. The lowest BCUT2D eigenvalue weighted by Gasteiger charge is -2.23. The summed E-state index contributed by atoms with van der Waals surface area (Å²) in [7, 11) is 0. The van der Waals surface area contributed by atoms with Gasteiger partial charge in [0.05, 0.1) is 30.3 Å². The molecule has 4 heteroatoms. The van der Waals surface area contributed by atoms with Crippen molar-refractivity contribution in [2.24, 2.45) is 0 Å². The van der Waals surface area contributed by atoms with Crippen molar-refractivity contribution >= 4 is 5.69 Å². The average molecular weight is 222 g/mol. The standard InChI is InChI=1S/C12H18N2O2/c1-9(16)12-5-4-11(8-13-12)14(6-7-15)10-2-3-10/h4-5,8-10,15-16H,2-3,6-7H2,1H3/t9-/m0/s1. The molecule has 1 heterocycles. The van der Waals surface area contributed by atoms with E-state index in [9.17, 15) is 5.11 Å². The van der Waals surface area contributed by atoms with Crippen LogP contribution in [0.1, 0.15) is 31.6 Å². The smallest absolute Gasteiger partial charge is 0.0931 e. The number of aliphatic hydroxyl groups is 2. The zero-order valence-corrected chi connectivity index (χ0v) is 9.50. The maximum Gasteiger partial charge on any atom is 0.0931 e. The molecule has 0 unspecified atom stereocenters. The van der Waals surface area contributed by atoms with E-state index in [2.05, 4.69) is 9.88 Å². The van der Waals surface area contributed by atoms with Gasteiger partial charge in [-0.15, -0.1) is 0 Å². The second-order valence-electron chi connectivity index (χ2n) is 4.27. The number of hydrogen-bond acceptors (Lipinski definition) is 4. The number of hydrogen-bond donors (Lipinski definition) is 2. The molecule has 0 saturated heterocycles. The summed E-state index contributed by atoms with van der Waals surface area (Å²) in [5, 5.41) is 18.4. The molecular weight excluding hydrogens is 204 g/mol. The van der Waals surface area contributed by atoms with E-state index < -0.39 is 6.10 Å². The summed E-state index contributed by atoms with van der Waals surface area (Å²) in [5.74, 6) is 0. The van der Waals surface area contributed by atoms with Gasteiger partial charge in [-0.2, -0.15) is 0 Å². The van der Waals surface area contributed by atoms with Crippen LogP contribution in [0.5, 0.6) is 0 Å². The lowest BCUT2D eigenvalue weighted by atomic mass is 10.2. The number of pyridine rings is 1. The summed E-state index contributed by atoms with van der Waals surface area (Å²) in [6.45, 7) is 2.52. The second-order valence-corrected chi connectivity index (χ2v) is 4.27. The molecule has 16 heavy (non-hydrogen) atoms. The molecule has 0 radical (unpaired) electrons. The highest BCUT2D eigenvalue weighted by Gasteiger charge is 2.28. The van der Waals surface area contributed by atoms with Gasteiger partial charge in [0.15, 0.2) is 0 Å². The van der Waals surface area contributed by atoms with Gasteiger partial charge in [-0.1, -0.05) is 0 Å². The van der Waals surface area contributed by atoms with Crippen molar-refractivity contribution in [3.8, 4) is 0 Å². The van der Waals surface area contributed by atoms with Crippen LogP contribution in [0.25, 0.3) is 0 Å². The first kappa shape index (κ1) is 11.4. The van der Waals surface area contributed by atoms with Crippen LogP contribution in [0.15, 0.2) is 18.3 Å². The number of rotatable bonds is 5. The van der Waals surface area contributed by atoms with E-state index in [4.69, 9.17) is 5.11 Å². The van der Waals surface area contributed by atoms with Crippen molar-refractivity contribution in [1.82, 2.24) is 4.98 Å². The summed E-state index contributed by atoms with van der Waals surface area (Å²) in [4.78, 5) is 6.40. The van der Waals surface area contributed by atoms with Gasteiger partial charge in [0.1, 0.15) is 0 Å². The fourth-order valence-corrected chi connectivity index (χ4v) is 1.83. The van der Waals surface area contributed by atoms with E-state index >= 15 is 0 Å². The minimum absolute atomic E-state index is 0.161. The van der Waals surface area contributed by atoms with Crippen LogP contribution in [-0.2, 0) is 0 Å². The lowest BCUT2D eigenvalue weighted by molar-refractivity contribution is 0.194. The van der Waals surface area contributed by atoms with Gasteiger partial charge in [-0.25, -0.2) is 0 Å². The van der Waals surface area contributed by atoms with Gasteiger partial charge in [-0.05, 0) is 31.9 Å². The average Bonchev–Trinajstić information content (AvgIpc) is 3.10. The van der Waals surface area contributed by atoms with E-state index in [1.165, 1.54) is 12.8 Å². The highest BCUT2D eigenvalue weighted by atomic mass is 16.3. The monoisotopic (exact) mass is 222 g/mol. The molecule has 0 aliphatic heterocycles. The Labute approximate surface area is 95.5 Å². The van der Waals surface area contributed by atoms with Crippen LogP contribution in [0.2, 0.25) is 0 Å². The predicted molar refractivity (Wildman–Crippen MR) is 62.3 cm³/mol. The molecule has 1 aliphatic carbocycles. The summed E-state index contributed by atoms with van der Waals surface area (Å²) in [5.41, 5.74) is 1.71.